The third-order valence-corrected chi connectivity index (χ3v) is 4.87. The van der Waals surface area contributed by atoms with Gasteiger partial charge in [-0.25, -0.2) is 9.97 Å². The van der Waals surface area contributed by atoms with Crippen LogP contribution in [0, 0.1) is 5.92 Å². The van der Waals surface area contributed by atoms with Crippen molar-refractivity contribution >= 4 is 16.9 Å². The van der Waals surface area contributed by atoms with Crippen molar-refractivity contribution in [3.05, 3.63) is 18.6 Å². The zero-order valence-corrected chi connectivity index (χ0v) is 13.2. The van der Waals surface area contributed by atoms with Crippen LogP contribution in [0.4, 0.5) is 5.82 Å². The van der Waals surface area contributed by atoms with E-state index in [1.165, 1.54) is 25.8 Å². The minimum atomic E-state index is 0.544. The van der Waals surface area contributed by atoms with Crippen LogP contribution in [-0.4, -0.2) is 39.1 Å². The molecule has 1 aliphatic rings. The average molecular weight is 287 g/mol. The van der Waals surface area contributed by atoms with Gasteiger partial charge in [-0.2, -0.15) is 0 Å². The average Bonchev–Trinajstić information content (AvgIpc) is 3.05. The van der Waals surface area contributed by atoms with Crippen LogP contribution >= 0.6 is 0 Å². The monoisotopic (exact) mass is 287 g/mol. The number of rotatable bonds is 4. The molecule has 0 radical (unpaired) electrons. The highest BCUT2D eigenvalue weighted by Gasteiger charge is 2.28. The number of nitrogens with zero attached hydrogens (tertiary/aromatic N) is 4. The normalized spacial score (nSPS) is 22.7. The highest BCUT2D eigenvalue weighted by Crippen LogP contribution is 2.37. The Bertz CT molecular complexity index is 618. The SMILES string of the molecule is CC(C)N(C)CC1CCC(n2ccc3c(N)ncnc32)C1. The molecule has 3 rings (SSSR count). The molecule has 2 aromatic heterocycles. The van der Waals surface area contributed by atoms with Crippen LogP contribution in [0.5, 0.6) is 0 Å². The molecule has 1 fully saturated rings. The van der Waals surface area contributed by atoms with Crippen LogP contribution in [0.1, 0.15) is 39.2 Å². The molecular formula is C16H25N5. The number of aromatic nitrogens is 3. The second-order valence-corrected chi connectivity index (χ2v) is 6.59. The maximum atomic E-state index is 5.92. The summed E-state index contributed by atoms with van der Waals surface area (Å²) in [6.45, 7) is 5.70. The van der Waals surface area contributed by atoms with Crippen LogP contribution in [-0.2, 0) is 0 Å². The summed E-state index contributed by atoms with van der Waals surface area (Å²) in [6.07, 6.45) is 7.43. The summed E-state index contributed by atoms with van der Waals surface area (Å²) in [5.41, 5.74) is 6.90. The van der Waals surface area contributed by atoms with E-state index in [4.69, 9.17) is 5.73 Å². The molecule has 1 saturated carbocycles. The van der Waals surface area contributed by atoms with E-state index < -0.39 is 0 Å². The van der Waals surface area contributed by atoms with Gasteiger partial charge in [0.15, 0.2) is 0 Å². The summed E-state index contributed by atoms with van der Waals surface area (Å²) < 4.78 is 2.29. The Balaban J connectivity index is 1.75. The molecule has 0 aliphatic heterocycles. The minimum absolute atomic E-state index is 0.544. The van der Waals surface area contributed by atoms with E-state index >= 15 is 0 Å². The predicted octanol–water partition coefficient (Wildman–Crippen LogP) is 2.69. The van der Waals surface area contributed by atoms with Crippen molar-refractivity contribution < 1.29 is 0 Å². The number of fused-ring (bicyclic) bond motifs is 1. The number of nitrogens with two attached hydrogens (primary N) is 1. The van der Waals surface area contributed by atoms with Gasteiger partial charge in [-0.05, 0) is 52.1 Å². The van der Waals surface area contributed by atoms with Gasteiger partial charge in [-0.3, -0.25) is 0 Å². The fraction of sp³-hybridized carbons (Fsp3) is 0.625. The first-order valence-corrected chi connectivity index (χ1v) is 7.83. The molecule has 0 spiro atoms. The molecule has 5 nitrogen and oxygen atoms in total. The molecule has 2 heterocycles. The van der Waals surface area contributed by atoms with Gasteiger partial charge in [0, 0.05) is 24.8 Å². The van der Waals surface area contributed by atoms with Gasteiger partial charge in [0.05, 0.1) is 5.39 Å². The topological polar surface area (TPSA) is 60.0 Å². The summed E-state index contributed by atoms with van der Waals surface area (Å²) >= 11 is 0. The van der Waals surface area contributed by atoms with Crippen molar-refractivity contribution in [3.63, 3.8) is 0 Å². The lowest BCUT2D eigenvalue weighted by Gasteiger charge is -2.24. The molecule has 2 atom stereocenters. The second-order valence-electron chi connectivity index (χ2n) is 6.59. The minimum Gasteiger partial charge on any atom is -0.383 e. The lowest BCUT2D eigenvalue weighted by molar-refractivity contribution is 0.229. The zero-order valence-electron chi connectivity index (χ0n) is 13.2. The first kappa shape index (κ1) is 14.3. The Labute approximate surface area is 126 Å². The van der Waals surface area contributed by atoms with E-state index in [9.17, 15) is 0 Å². The number of nitrogen functional groups attached to an aromatic ring is 1. The lowest BCUT2D eigenvalue weighted by atomic mass is 10.1. The Morgan fingerprint density at radius 3 is 2.95 bits per heavy atom. The number of hydrogen-bond donors (Lipinski definition) is 1. The highest BCUT2D eigenvalue weighted by atomic mass is 15.1. The van der Waals surface area contributed by atoms with Gasteiger partial charge >= 0.3 is 0 Å². The fourth-order valence-corrected chi connectivity index (χ4v) is 3.37. The van der Waals surface area contributed by atoms with Crippen molar-refractivity contribution in [1.82, 2.24) is 19.4 Å². The van der Waals surface area contributed by atoms with Gasteiger partial charge in [-0.1, -0.05) is 0 Å². The summed E-state index contributed by atoms with van der Waals surface area (Å²) in [5.74, 6) is 1.35. The van der Waals surface area contributed by atoms with Crippen molar-refractivity contribution in [3.8, 4) is 0 Å². The summed E-state index contributed by atoms with van der Waals surface area (Å²) in [6, 6.07) is 3.20. The first-order valence-electron chi connectivity index (χ1n) is 7.83. The molecule has 2 unspecified atom stereocenters. The van der Waals surface area contributed by atoms with Gasteiger partial charge in [0.2, 0.25) is 0 Å². The van der Waals surface area contributed by atoms with Crippen molar-refractivity contribution in [2.24, 2.45) is 5.92 Å². The van der Waals surface area contributed by atoms with Gasteiger partial charge in [-0.15, -0.1) is 0 Å². The molecule has 2 aromatic rings. The van der Waals surface area contributed by atoms with E-state index in [1.807, 2.05) is 6.07 Å². The summed E-state index contributed by atoms with van der Waals surface area (Å²) in [4.78, 5) is 10.9. The summed E-state index contributed by atoms with van der Waals surface area (Å²) in [5, 5.41) is 0.972. The molecule has 114 valence electrons. The smallest absolute Gasteiger partial charge is 0.145 e. The predicted molar refractivity (Wildman–Crippen MR) is 86.1 cm³/mol. The Morgan fingerprint density at radius 2 is 2.19 bits per heavy atom. The molecule has 1 aliphatic carbocycles. The standard InChI is InChI=1S/C16H25N5/c1-11(2)20(3)9-12-4-5-13(8-12)21-7-6-14-15(17)18-10-19-16(14)21/h6-7,10-13H,4-5,8-9H2,1-3H3,(H2,17,18,19). The van der Waals surface area contributed by atoms with Crippen molar-refractivity contribution in [2.45, 2.75) is 45.2 Å². The molecule has 5 heteroatoms. The molecule has 21 heavy (non-hydrogen) atoms. The van der Waals surface area contributed by atoms with Crippen LogP contribution in [0.2, 0.25) is 0 Å². The third kappa shape index (κ3) is 2.75. The Kier molecular flexibility index (Phi) is 3.85. The Hall–Kier alpha value is -1.62. The maximum absolute atomic E-state index is 5.92. The van der Waals surface area contributed by atoms with Crippen LogP contribution in [0.25, 0.3) is 11.0 Å². The van der Waals surface area contributed by atoms with Gasteiger partial charge < -0.3 is 15.2 Å². The second kappa shape index (κ2) is 5.64. The quantitative estimate of drug-likeness (QED) is 0.939. The molecule has 0 bridgehead atoms. The first-order chi connectivity index (χ1) is 10.1. The fourth-order valence-electron chi connectivity index (χ4n) is 3.37. The van der Waals surface area contributed by atoms with E-state index in [0.717, 1.165) is 17.0 Å². The molecular weight excluding hydrogens is 262 g/mol. The van der Waals surface area contributed by atoms with E-state index in [1.54, 1.807) is 6.33 Å². The third-order valence-electron chi connectivity index (χ3n) is 4.87. The van der Waals surface area contributed by atoms with E-state index in [0.29, 0.717) is 17.9 Å². The molecule has 0 saturated heterocycles. The van der Waals surface area contributed by atoms with E-state index in [-0.39, 0.29) is 0 Å². The molecule has 0 aromatic carbocycles. The molecule has 2 N–H and O–H groups in total. The Morgan fingerprint density at radius 1 is 1.38 bits per heavy atom. The van der Waals surface area contributed by atoms with Crippen molar-refractivity contribution in [2.75, 3.05) is 19.3 Å². The molecule has 0 amide bonds. The maximum Gasteiger partial charge on any atom is 0.145 e. The van der Waals surface area contributed by atoms with Crippen LogP contribution in [0.15, 0.2) is 18.6 Å². The van der Waals surface area contributed by atoms with Crippen LogP contribution in [0.3, 0.4) is 0 Å². The number of anilines is 1. The van der Waals surface area contributed by atoms with Crippen molar-refractivity contribution in [1.29, 1.82) is 0 Å². The van der Waals surface area contributed by atoms with Gasteiger partial charge in [0.25, 0.3) is 0 Å². The largest absolute Gasteiger partial charge is 0.383 e. The number of hydrogen-bond acceptors (Lipinski definition) is 4. The highest BCUT2D eigenvalue weighted by molar-refractivity contribution is 5.86. The zero-order chi connectivity index (χ0) is 15.0. The van der Waals surface area contributed by atoms with Gasteiger partial charge in [0.1, 0.15) is 17.8 Å². The van der Waals surface area contributed by atoms with Crippen LogP contribution < -0.4 is 5.73 Å². The van der Waals surface area contributed by atoms with E-state index in [2.05, 4.69) is 46.5 Å². The summed E-state index contributed by atoms with van der Waals surface area (Å²) in [7, 11) is 2.22. The lowest BCUT2D eigenvalue weighted by Crippen LogP contribution is -2.30.